The molecule has 5 nitrogen and oxygen atoms in total. The van der Waals surface area contributed by atoms with Crippen LogP contribution in [0.3, 0.4) is 0 Å². The van der Waals surface area contributed by atoms with Crippen molar-refractivity contribution in [2.24, 2.45) is 5.10 Å². The quantitative estimate of drug-likeness (QED) is 0.444. The van der Waals surface area contributed by atoms with E-state index in [1.165, 1.54) is 17.0 Å². The maximum atomic E-state index is 12.4. The standard InChI is InChI=1S/C21H18Cl2N4O/c22-17-8-7-16(18(23)10-17)12-24-27-21(28)20-11-19(25-26-20)15-6-5-13-3-1-2-4-14(13)9-15/h1-10,12,19-20,25-26H,11H2,(H,27,28)/b24-12+. The molecule has 1 amide bonds. The lowest BCUT2D eigenvalue weighted by molar-refractivity contribution is -0.122. The average molecular weight is 413 g/mol. The minimum Gasteiger partial charge on any atom is -0.271 e. The number of amides is 1. The third kappa shape index (κ3) is 4.18. The van der Waals surface area contributed by atoms with Gasteiger partial charge in [-0.3, -0.25) is 4.79 Å². The lowest BCUT2D eigenvalue weighted by atomic mass is 9.99. The van der Waals surface area contributed by atoms with Gasteiger partial charge in [-0.25, -0.2) is 16.3 Å². The van der Waals surface area contributed by atoms with Gasteiger partial charge < -0.3 is 0 Å². The highest BCUT2D eigenvalue weighted by molar-refractivity contribution is 6.36. The minimum atomic E-state index is -0.380. The molecule has 3 aromatic carbocycles. The van der Waals surface area contributed by atoms with Gasteiger partial charge in [-0.05, 0) is 41.0 Å². The van der Waals surface area contributed by atoms with Crippen molar-refractivity contribution in [3.05, 3.63) is 81.8 Å². The summed E-state index contributed by atoms with van der Waals surface area (Å²) in [6.45, 7) is 0. The molecule has 3 N–H and O–H groups in total. The van der Waals surface area contributed by atoms with E-state index in [1.54, 1.807) is 18.2 Å². The Hall–Kier alpha value is -2.44. The van der Waals surface area contributed by atoms with Crippen LogP contribution in [0.5, 0.6) is 0 Å². The van der Waals surface area contributed by atoms with Crippen LogP contribution < -0.4 is 16.3 Å². The Balaban J connectivity index is 1.37. The predicted molar refractivity (Wildman–Crippen MR) is 114 cm³/mol. The molecule has 142 valence electrons. The van der Waals surface area contributed by atoms with Crippen LogP contribution in [0.2, 0.25) is 10.0 Å². The van der Waals surface area contributed by atoms with Gasteiger partial charge in [0.1, 0.15) is 6.04 Å². The van der Waals surface area contributed by atoms with Crippen molar-refractivity contribution in [1.29, 1.82) is 0 Å². The van der Waals surface area contributed by atoms with E-state index in [0.29, 0.717) is 22.0 Å². The number of halogens is 2. The van der Waals surface area contributed by atoms with Crippen molar-refractivity contribution < 1.29 is 4.79 Å². The molecule has 2 unspecified atom stereocenters. The summed E-state index contributed by atoms with van der Waals surface area (Å²) in [4.78, 5) is 12.4. The van der Waals surface area contributed by atoms with E-state index in [4.69, 9.17) is 23.2 Å². The summed E-state index contributed by atoms with van der Waals surface area (Å²) in [5.41, 5.74) is 10.6. The molecule has 0 aliphatic carbocycles. The van der Waals surface area contributed by atoms with Crippen molar-refractivity contribution in [2.45, 2.75) is 18.5 Å². The summed E-state index contributed by atoms with van der Waals surface area (Å²) >= 11 is 12.0. The van der Waals surface area contributed by atoms with E-state index >= 15 is 0 Å². The first kappa shape index (κ1) is 18.9. The van der Waals surface area contributed by atoms with Crippen LogP contribution >= 0.6 is 23.2 Å². The maximum Gasteiger partial charge on any atom is 0.258 e. The Kier molecular flexibility index (Phi) is 5.59. The zero-order valence-electron chi connectivity index (χ0n) is 14.8. The molecule has 4 rings (SSSR count). The van der Waals surface area contributed by atoms with Gasteiger partial charge in [0.2, 0.25) is 0 Å². The summed E-state index contributed by atoms with van der Waals surface area (Å²) in [5.74, 6) is -0.211. The topological polar surface area (TPSA) is 65.5 Å². The predicted octanol–water partition coefficient (Wildman–Crippen LogP) is 4.20. The lowest BCUT2D eigenvalue weighted by Crippen LogP contribution is -2.41. The monoisotopic (exact) mass is 412 g/mol. The van der Waals surface area contributed by atoms with Gasteiger partial charge in [0.15, 0.2) is 0 Å². The van der Waals surface area contributed by atoms with Crippen LogP contribution in [0.1, 0.15) is 23.6 Å². The lowest BCUT2D eigenvalue weighted by Gasteiger charge is -2.10. The number of hydrogen-bond acceptors (Lipinski definition) is 4. The van der Waals surface area contributed by atoms with E-state index in [9.17, 15) is 4.79 Å². The summed E-state index contributed by atoms with van der Waals surface area (Å²) in [6, 6.07) is 19.3. The van der Waals surface area contributed by atoms with Gasteiger partial charge in [0.25, 0.3) is 5.91 Å². The molecule has 1 fully saturated rings. The molecule has 0 radical (unpaired) electrons. The van der Waals surface area contributed by atoms with Crippen LogP contribution in [-0.2, 0) is 4.79 Å². The van der Waals surface area contributed by atoms with Gasteiger partial charge in [-0.2, -0.15) is 5.10 Å². The highest BCUT2D eigenvalue weighted by Gasteiger charge is 2.30. The molecular formula is C21H18Cl2N4O. The largest absolute Gasteiger partial charge is 0.271 e. The zero-order chi connectivity index (χ0) is 19.5. The zero-order valence-corrected chi connectivity index (χ0v) is 16.3. The van der Waals surface area contributed by atoms with Crippen molar-refractivity contribution in [3.8, 4) is 0 Å². The van der Waals surface area contributed by atoms with Crippen molar-refractivity contribution >= 4 is 46.1 Å². The molecule has 3 aromatic rings. The second-order valence-corrected chi connectivity index (χ2v) is 7.48. The minimum absolute atomic E-state index is 0.0510. The van der Waals surface area contributed by atoms with Gasteiger partial charge >= 0.3 is 0 Å². The number of hydrogen-bond donors (Lipinski definition) is 3. The molecule has 1 aliphatic heterocycles. The summed E-state index contributed by atoms with van der Waals surface area (Å²) in [7, 11) is 0. The van der Waals surface area contributed by atoms with Crippen LogP contribution in [-0.4, -0.2) is 18.2 Å². The van der Waals surface area contributed by atoms with Gasteiger partial charge in [0, 0.05) is 16.6 Å². The number of nitrogens with one attached hydrogen (secondary N) is 3. The van der Waals surface area contributed by atoms with Gasteiger partial charge in [-0.15, -0.1) is 0 Å². The highest BCUT2D eigenvalue weighted by atomic mass is 35.5. The second kappa shape index (κ2) is 8.29. The Morgan fingerprint density at radius 2 is 1.86 bits per heavy atom. The van der Waals surface area contributed by atoms with E-state index in [1.807, 2.05) is 12.1 Å². The van der Waals surface area contributed by atoms with E-state index in [-0.39, 0.29) is 18.0 Å². The van der Waals surface area contributed by atoms with Gasteiger partial charge in [0.05, 0.1) is 11.2 Å². The first-order chi connectivity index (χ1) is 13.6. The summed E-state index contributed by atoms with van der Waals surface area (Å²) in [5, 5.41) is 7.39. The van der Waals surface area contributed by atoms with Gasteiger partial charge in [-0.1, -0.05) is 65.7 Å². The number of fused-ring (bicyclic) bond motifs is 1. The molecule has 0 bridgehead atoms. The SMILES string of the molecule is O=C(N/N=C/c1ccc(Cl)cc1Cl)C1CC(c2ccc3ccccc3c2)NN1. The molecule has 0 saturated carbocycles. The first-order valence-corrected chi connectivity index (χ1v) is 9.63. The van der Waals surface area contributed by atoms with E-state index < -0.39 is 0 Å². The highest BCUT2D eigenvalue weighted by Crippen LogP contribution is 2.26. The Morgan fingerprint density at radius 1 is 1.04 bits per heavy atom. The molecule has 1 saturated heterocycles. The van der Waals surface area contributed by atoms with Crippen LogP contribution in [0, 0.1) is 0 Å². The number of hydrazone groups is 1. The maximum absolute atomic E-state index is 12.4. The third-order valence-electron chi connectivity index (χ3n) is 4.74. The molecule has 0 spiro atoms. The smallest absolute Gasteiger partial charge is 0.258 e. The molecule has 2 atom stereocenters. The molecular weight excluding hydrogens is 395 g/mol. The first-order valence-electron chi connectivity index (χ1n) is 8.88. The number of benzene rings is 3. The molecule has 0 aromatic heterocycles. The van der Waals surface area contributed by atoms with Crippen molar-refractivity contribution in [2.75, 3.05) is 0 Å². The van der Waals surface area contributed by atoms with Crippen molar-refractivity contribution in [3.63, 3.8) is 0 Å². The molecule has 1 heterocycles. The normalized spacial score (nSPS) is 19.4. The Labute approximate surface area is 172 Å². The summed E-state index contributed by atoms with van der Waals surface area (Å²) < 4.78 is 0. The molecule has 1 aliphatic rings. The summed E-state index contributed by atoms with van der Waals surface area (Å²) in [6.07, 6.45) is 2.13. The van der Waals surface area contributed by atoms with Crippen LogP contribution in [0.25, 0.3) is 10.8 Å². The molecule has 7 heteroatoms. The Morgan fingerprint density at radius 3 is 2.68 bits per heavy atom. The van der Waals surface area contributed by atoms with E-state index in [0.717, 1.165) is 5.56 Å². The number of hydrazine groups is 1. The number of rotatable bonds is 4. The third-order valence-corrected chi connectivity index (χ3v) is 5.30. The Bertz CT molecular complexity index is 1050. The second-order valence-electron chi connectivity index (χ2n) is 6.64. The fraction of sp³-hybridized carbons (Fsp3) is 0.143. The average Bonchev–Trinajstić information content (AvgIpc) is 3.19. The van der Waals surface area contributed by atoms with Crippen LogP contribution in [0.4, 0.5) is 0 Å². The number of carbonyl (C=O) groups excluding carboxylic acids is 1. The van der Waals surface area contributed by atoms with Crippen LogP contribution in [0.15, 0.2) is 65.8 Å². The number of nitrogens with zero attached hydrogens (tertiary/aromatic N) is 1. The van der Waals surface area contributed by atoms with Crippen molar-refractivity contribution in [1.82, 2.24) is 16.3 Å². The fourth-order valence-electron chi connectivity index (χ4n) is 3.22. The number of carbonyl (C=O) groups is 1. The fourth-order valence-corrected chi connectivity index (χ4v) is 3.68. The molecule has 28 heavy (non-hydrogen) atoms. The van der Waals surface area contributed by atoms with E-state index in [2.05, 4.69) is 51.7 Å².